The van der Waals surface area contributed by atoms with E-state index in [0.29, 0.717) is 11.4 Å². The summed E-state index contributed by atoms with van der Waals surface area (Å²) in [7, 11) is 2.90. The van der Waals surface area contributed by atoms with E-state index in [9.17, 15) is 14.7 Å². The lowest BCUT2D eigenvalue weighted by Gasteiger charge is -2.27. The van der Waals surface area contributed by atoms with Crippen LogP contribution < -0.4 is 14.4 Å². The number of rotatable bonds is 5. The number of benzene rings is 3. The number of aliphatic hydroxyl groups is 1. The number of carbonyl (C=O) groups is 2. The molecule has 1 aliphatic heterocycles. The molecule has 0 radical (unpaired) electrons. The largest absolute Gasteiger partial charge is 0.507 e. The number of aryl methyl sites for hydroxylation is 2. The number of nitrogens with zero attached hydrogens (tertiary/aromatic N) is 1. The zero-order chi connectivity index (χ0) is 24.6. The Labute approximate surface area is 203 Å². The number of methoxy groups -OCH3 is 2. The first-order valence-electron chi connectivity index (χ1n) is 10.6. The summed E-state index contributed by atoms with van der Waals surface area (Å²) in [6, 6.07) is 17.0. The fourth-order valence-electron chi connectivity index (χ4n) is 4.25. The first kappa shape index (κ1) is 23.4. The summed E-state index contributed by atoms with van der Waals surface area (Å²) in [6.45, 7) is 3.81. The molecular weight excluding hydrogens is 454 g/mol. The van der Waals surface area contributed by atoms with E-state index in [2.05, 4.69) is 0 Å². The molecule has 0 spiro atoms. The Morgan fingerprint density at radius 1 is 0.941 bits per heavy atom. The van der Waals surface area contributed by atoms with E-state index in [4.69, 9.17) is 21.1 Å². The molecule has 1 unspecified atom stereocenters. The molecule has 1 aliphatic rings. The molecule has 4 rings (SSSR count). The maximum Gasteiger partial charge on any atom is 0.300 e. The third-order valence-corrected chi connectivity index (χ3v) is 6.23. The van der Waals surface area contributed by atoms with E-state index in [1.54, 1.807) is 6.07 Å². The number of amides is 1. The molecule has 0 aliphatic carbocycles. The first-order valence-corrected chi connectivity index (χ1v) is 11.0. The van der Waals surface area contributed by atoms with Crippen LogP contribution in [0, 0.1) is 13.8 Å². The van der Waals surface area contributed by atoms with Crippen molar-refractivity contribution in [2.45, 2.75) is 19.9 Å². The fourth-order valence-corrected chi connectivity index (χ4v) is 4.50. The summed E-state index contributed by atoms with van der Waals surface area (Å²) in [5.74, 6) is -1.28. The third-order valence-electron chi connectivity index (χ3n) is 5.94. The van der Waals surface area contributed by atoms with Crippen LogP contribution in [0.2, 0.25) is 5.02 Å². The van der Waals surface area contributed by atoms with Gasteiger partial charge in [-0.3, -0.25) is 14.5 Å². The second kappa shape index (κ2) is 9.23. The number of anilines is 1. The maximum atomic E-state index is 13.4. The molecule has 34 heavy (non-hydrogen) atoms. The van der Waals surface area contributed by atoms with Gasteiger partial charge in [-0.2, -0.15) is 0 Å². The highest BCUT2D eigenvalue weighted by molar-refractivity contribution is 6.51. The van der Waals surface area contributed by atoms with E-state index >= 15 is 0 Å². The topological polar surface area (TPSA) is 76.1 Å². The monoisotopic (exact) mass is 477 g/mol. The first-order chi connectivity index (χ1) is 16.3. The molecule has 7 heteroatoms. The molecular formula is C27H24ClNO5. The Hall–Kier alpha value is -3.77. The SMILES string of the molecule is COc1cc(OC)c(/C(O)=C2\C(=O)C(=O)N(c3cccc(C)c3)C2c2ccccc2C)cc1Cl. The predicted octanol–water partition coefficient (Wildman–Crippen LogP) is 5.60. The molecule has 174 valence electrons. The smallest absolute Gasteiger partial charge is 0.300 e. The van der Waals surface area contributed by atoms with Crippen LogP contribution in [0.1, 0.15) is 28.3 Å². The molecule has 0 aromatic heterocycles. The van der Waals surface area contributed by atoms with Crippen molar-refractivity contribution >= 4 is 34.7 Å². The molecule has 0 bridgehead atoms. The van der Waals surface area contributed by atoms with Crippen molar-refractivity contribution in [3.8, 4) is 11.5 Å². The molecule has 3 aromatic rings. The van der Waals surface area contributed by atoms with Crippen LogP contribution >= 0.6 is 11.6 Å². The van der Waals surface area contributed by atoms with Gasteiger partial charge in [0.1, 0.15) is 17.3 Å². The number of hydrogen-bond acceptors (Lipinski definition) is 5. The summed E-state index contributed by atoms with van der Waals surface area (Å²) in [5, 5.41) is 11.7. The van der Waals surface area contributed by atoms with Crippen molar-refractivity contribution < 1.29 is 24.2 Å². The maximum absolute atomic E-state index is 13.4. The van der Waals surface area contributed by atoms with Gasteiger partial charge in [-0.25, -0.2) is 0 Å². The highest BCUT2D eigenvalue weighted by Crippen LogP contribution is 2.45. The van der Waals surface area contributed by atoms with Gasteiger partial charge < -0.3 is 14.6 Å². The normalized spacial score (nSPS) is 17.2. The van der Waals surface area contributed by atoms with Crippen LogP contribution in [0.4, 0.5) is 5.69 Å². The summed E-state index contributed by atoms with van der Waals surface area (Å²) in [6.07, 6.45) is 0. The number of aliphatic hydroxyl groups excluding tert-OH is 1. The number of ketones is 1. The van der Waals surface area contributed by atoms with Crippen LogP contribution in [0.5, 0.6) is 11.5 Å². The molecule has 1 atom stereocenters. The van der Waals surface area contributed by atoms with Gasteiger partial charge in [0.15, 0.2) is 0 Å². The average molecular weight is 478 g/mol. The number of halogens is 1. The van der Waals surface area contributed by atoms with Gasteiger partial charge in [-0.1, -0.05) is 48.0 Å². The van der Waals surface area contributed by atoms with Gasteiger partial charge >= 0.3 is 0 Å². The summed E-state index contributed by atoms with van der Waals surface area (Å²) in [4.78, 5) is 28.1. The van der Waals surface area contributed by atoms with Gasteiger partial charge in [0.2, 0.25) is 0 Å². The van der Waals surface area contributed by atoms with E-state index < -0.39 is 17.7 Å². The highest BCUT2D eigenvalue weighted by Gasteiger charge is 2.47. The Bertz CT molecular complexity index is 1330. The van der Waals surface area contributed by atoms with Crippen LogP contribution in [0.3, 0.4) is 0 Å². The molecule has 0 saturated carbocycles. The Morgan fingerprint density at radius 3 is 2.29 bits per heavy atom. The average Bonchev–Trinajstić information content (AvgIpc) is 3.09. The van der Waals surface area contributed by atoms with Crippen molar-refractivity contribution in [1.82, 2.24) is 0 Å². The van der Waals surface area contributed by atoms with Crippen molar-refractivity contribution in [1.29, 1.82) is 0 Å². The van der Waals surface area contributed by atoms with Gasteiger partial charge in [0.25, 0.3) is 11.7 Å². The van der Waals surface area contributed by atoms with Crippen LogP contribution in [-0.4, -0.2) is 31.0 Å². The van der Waals surface area contributed by atoms with E-state index in [-0.39, 0.29) is 27.7 Å². The molecule has 1 N–H and O–H groups in total. The summed E-state index contributed by atoms with van der Waals surface area (Å²) in [5.41, 5.74) is 3.25. The van der Waals surface area contributed by atoms with Crippen LogP contribution in [-0.2, 0) is 9.59 Å². The van der Waals surface area contributed by atoms with Crippen molar-refractivity contribution in [2.24, 2.45) is 0 Å². The van der Waals surface area contributed by atoms with E-state index in [0.717, 1.165) is 16.7 Å². The molecule has 1 saturated heterocycles. The molecule has 3 aromatic carbocycles. The molecule has 6 nitrogen and oxygen atoms in total. The van der Waals surface area contributed by atoms with E-state index in [1.165, 1.54) is 31.3 Å². The van der Waals surface area contributed by atoms with Gasteiger partial charge in [0, 0.05) is 11.8 Å². The van der Waals surface area contributed by atoms with Gasteiger partial charge in [-0.05, 0) is 48.7 Å². The Balaban J connectivity index is 2.02. The quantitative estimate of drug-likeness (QED) is 0.294. The number of hydrogen-bond donors (Lipinski definition) is 1. The number of Topliss-reactive ketones (excluding diaryl/α,β-unsaturated/α-hetero) is 1. The minimum atomic E-state index is -0.839. The molecule has 1 fully saturated rings. The molecule has 1 heterocycles. The third kappa shape index (κ3) is 3.90. The second-order valence-electron chi connectivity index (χ2n) is 8.05. The van der Waals surface area contributed by atoms with Crippen LogP contribution in [0.15, 0.2) is 66.2 Å². The molecule has 1 amide bonds. The summed E-state index contributed by atoms with van der Waals surface area (Å²) < 4.78 is 10.7. The predicted molar refractivity (Wildman–Crippen MR) is 132 cm³/mol. The lowest BCUT2D eigenvalue weighted by molar-refractivity contribution is -0.132. The zero-order valence-corrected chi connectivity index (χ0v) is 20.0. The van der Waals surface area contributed by atoms with E-state index in [1.807, 2.05) is 56.3 Å². The van der Waals surface area contributed by atoms with Gasteiger partial charge in [0.05, 0.1) is 36.4 Å². The highest BCUT2D eigenvalue weighted by atomic mass is 35.5. The van der Waals surface area contributed by atoms with Crippen molar-refractivity contribution in [2.75, 3.05) is 19.1 Å². The summed E-state index contributed by atoms with van der Waals surface area (Å²) >= 11 is 6.32. The Kier molecular flexibility index (Phi) is 6.35. The number of ether oxygens (including phenoxy) is 2. The van der Waals surface area contributed by atoms with Crippen LogP contribution in [0.25, 0.3) is 5.76 Å². The van der Waals surface area contributed by atoms with Crippen molar-refractivity contribution in [3.63, 3.8) is 0 Å². The second-order valence-corrected chi connectivity index (χ2v) is 8.46. The number of carbonyl (C=O) groups excluding carboxylic acids is 2. The lowest BCUT2D eigenvalue weighted by Crippen LogP contribution is -2.29. The standard InChI is InChI=1S/C27H24ClNO5/c1-15-8-7-10-17(12-15)29-24(18-11-6-5-9-16(18)2)23(26(31)27(29)32)25(30)19-13-20(28)22(34-4)14-21(19)33-3/h5-14,24,30H,1-4H3/b25-23+. The lowest BCUT2D eigenvalue weighted by atomic mass is 9.92. The minimum absolute atomic E-state index is 0.0414. The van der Waals surface area contributed by atoms with Crippen molar-refractivity contribution in [3.05, 3.63) is 93.5 Å². The minimum Gasteiger partial charge on any atom is -0.507 e. The van der Waals surface area contributed by atoms with Gasteiger partial charge in [-0.15, -0.1) is 0 Å². The Morgan fingerprint density at radius 2 is 1.65 bits per heavy atom. The zero-order valence-electron chi connectivity index (χ0n) is 19.3. The fraction of sp³-hybridized carbons (Fsp3) is 0.185.